The maximum atomic E-state index is 12.4. The molecule has 0 saturated carbocycles. The molecule has 21 heavy (non-hydrogen) atoms. The Labute approximate surface area is 126 Å². The molecular formula is C12H11ClN4O3S. The largest absolute Gasteiger partial charge is 0.325 e. The zero-order valence-electron chi connectivity index (χ0n) is 10.9. The molecule has 1 heterocycles. The van der Waals surface area contributed by atoms with Gasteiger partial charge in [0.05, 0.1) is 5.69 Å². The van der Waals surface area contributed by atoms with Crippen LogP contribution in [0.2, 0.25) is 5.15 Å². The second-order valence-corrected chi connectivity index (χ2v) is 5.99. The first-order chi connectivity index (χ1) is 9.90. The van der Waals surface area contributed by atoms with E-state index in [1.54, 1.807) is 6.07 Å². The normalized spacial score (nSPS) is 11.0. The van der Waals surface area contributed by atoms with Crippen LogP contribution >= 0.6 is 11.6 Å². The Balaban J connectivity index is 2.41. The summed E-state index contributed by atoms with van der Waals surface area (Å²) in [7, 11) is -3.96. The highest BCUT2D eigenvalue weighted by molar-refractivity contribution is 7.92. The molecule has 2 N–H and O–H groups in total. The van der Waals surface area contributed by atoms with Crippen LogP contribution in [0.4, 0.5) is 11.5 Å². The molecule has 110 valence electrons. The minimum Gasteiger partial charge on any atom is -0.325 e. The highest BCUT2D eigenvalue weighted by Crippen LogP contribution is 2.24. The van der Waals surface area contributed by atoms with Gasteiger partial charge in [-0.2, -0.15) is 0 Å². The summed E-state index contributed by atoms with van der Waals surface area (Å²) in [6, 6.07) is 5.99. The Hall–Kier alpha value is -2.19. The summed E-state index contributed by atoms with van der Waals surface area (Å²) in [4.78, 5) is 18.6. The molecule has 0 aliphatic rings. The SMILES string of the molecule is CC(=O)Nc1ccccc1S(=O)(=O)Nc1nccnc1Cl. The summed E-state index contributed by atoms with van der Waals surface area (Å²) >= 11 is 5.77. The summed E-state index contributed by atoms with van der Waals surface area (Å²) in [5, 5.41) is 2.38. The van der Waals surface area contributed by atoms with Crippen LogP contribution in [0.1, 0.15) is 6.92 Å². The summed E-state index contributed by atoms with van der Waals surface area (Å²) in [6.45, 7) is 1.29. The van der Waals surface area contributed by atoms with E-state index in [1.807, 2.05) is 0 Å². The second kappa shape index (κ2) is 6.06. The Kier molecular flexibility index (Phi) is 4.39. The lowest BCUT2D eigenvalue weighted by Crippen LogP contribution is -2.17. The average molecular weight is 327 g/mol. The van der Waals surface area contributed by atoms with Gasteiger partial charge in [-0.25, -0.2) is 18.4 Å². The van der Waals surface area contributed by atoms with E-state index in [0.29, 0.717) is 0 Å². The summed E-state index contributed by atoms with van der Waals surface area (Å²) < 4.78 is 27.0. The number of nitrogens with zero attached hydrogens (tertiary/aromatic N) is 2. The number of aromatic nitrogens is 2. The molecule has 0 unspecified atom stereocenters. The van der Waals surface area contributed by atoms with Crippen LogP contribution in [0.25, 0.3) is 0 Å². The maximum absolute atomic E-state index is 12.4. The molecule has 0 aliphatic carbocycles. The molecule has 0 atom stereocenters. The predicted octanol–water partition coefficient (Wildman–Crippen LogP) is 1.89. The van der Waals surface area contributed by atoms with Crippen LogP contribution in [0.15, 0.2) is 41.6 Å². The Bertz CT molecular complexity index is 780. The number of nitrogens with one attached hydrogen (secondary N) is 2. The Morgan fingerprint density at radius 2 is 1.86 bits per heavy atom. The van der Waals surface area contributed by atoms with Crippen molar-refractivity contribution in [3.05, 3.63) is 41.8 Å². The number of sulfonamides is 1. The molecule has 0 saturated heterocycles. The fourth-order valence-corrected chi connectivity index (χ4v) is 2.95. The molecule has 0 fully saturated rings. The molecule has 1 aromatic heterocycles. The molecule has 0 radical (unpaired) electrons. The van der Waals surface area contributed by atoms with Gasteiger partial charge in [0.1, 0.15) is 4.90 Å². The number of anilines is 2. The monoisotopic (exact) mass is 326 g/mol. The molecule has 7 nitrogen and oxygen atoms in total. The van der Waals surface area contributed by atoms with Crippen molar-refractivity contribution in [2.45, 2.75) is 11.8 Å². The summed E-state index contributed by atoms with van der Waals surface area (Å²) in [5.74, 6) is -0.466. The van der Waals surface area contributed by atoms with Gasteiger partial charge >= 0.3 is 0 Å². The fourth-order valence-electron chi connectivity index (χ4n) is 1.57. The minimum atomic E-state index is -3.96. The zero-order valence-corrected chi connectivity index (χ0v) is 12.4. The zero-order chi connectivity index (χ0) is 15.5. The average Bonchev–Trinajstić information content (AvgIpc) is 2.41. The van der Waals surface area contributed by atoms with Crippen molar-refractivity contribution in [1.29, 1.82) is 0 Å². The van der Waals surface area contributed by atoms with Gasteiger partial charge in [-0.15, -0.1) is 0 Å². The molecule has 2 rings (SSSR count). The summed E-state index contributed by atoms with van der Waals surface area (Å²) in [6.07, 6.45) is 2.65. The van der Waals surface area contributed by atoms with E-state index in [0.717, 1.165) is 0 Å². The molecule has 0 spiro atoms. The third-order valence-electron chi connectivity index (χ3n) is 2.37. The Morgan fingerprint density at radius 3 is 2.52 bits per heavy atom. The van der Waals surface area contributed by atoms with Crippen LogP contribution in [0, 0.1) is 0 Å². The van der Waals surface area contributed by atoms with Gasteiger partial charge in [0, 0.05) is 19.3 Å². The van der Waals surface area contributed by atoms with E-state index in [9.17, 15) is 13.2 Å². The molecule has 0 bridgehead atoms. The molecule has 1 amide bonds. The Morgan fingerprint density at radius 1 is 1.19 bits per heavy atom. The summed E-state index contributed by atoms with van der Waals surface area (Å²) in [5.41, 5.74) is 0.164. The van der Waals surface area contributed by atoms with Gasteiger partial charge in [0.15, 0.2) is 11.0 Å². The van der Waals surface area contributed by atoms with Gasteiger partial charge in [0.2, 0.25) is 5.91 Å². The smallest absolute Gasteiger partial charge is 0.265 e. The van der Waals surface area contributed by atoms with Crippen molar-refractivity contribution in [3.63, 3.8) is 0 Å². The van der Waals surface area contributed by atoms with Crippen molar-refractivity contribution in [3.8, 4) is 0 Å². The predicted molar refractivity (Wildman–Crippen MR) is 78.6 cm³/mol. The lowest BCUT2D eigenvalue weighted by molar-refractivity contribution is -0.114. The minimum absolute atomic E-state index is 0.0712. The third kappa shape index (κ3) is 3.67. The number of halogens is 1. The first-order valence-corrected chi connectivity index (χ1v) is 7.62. The van der Waals surface area contributed by atoms with Crippen LogP contribution in [-0.2, 0) is 14.8 Å². The molecule has 2 aromatic rings. The first-order valence-electron chi connectivity index (χ1n) is 5.76. The van der Waals surface area contributed by atoms with E-state index in [-0.39, 0.29) is 27.5 Å². The molecular weight excluding hydrogens is 316 g/mol. The lowest BCUT2D eigenvalue weighted by Gasteiger charge is -2.12. The number of hydrogen-bond donors (Lipinski definition) is 2. The van der Waals surface area contributed by atoms with Gasteiger partial charge < -0.3 is 5.32 Å². The lowest BCUT2D eigenvalue weighted by atomic mass is 10.3. The van der Waals surface area contributed by atoms with Crippen molar-refractivity contribution in [2.24, 2.45) is 0 Å². The van der Waals surface area contributed by atoms with Crippen molar-refractivity contribution in [2.75, 3.05) is 10.0 Å². The van der Waals surface area contributed by atoms with Crippen LogP contribution in [-0.4, -0.2) is 24.3 Å². The number of benzene rings is 1. The van der Waals surface area contributed by atoms with Crippen LogP contribution in [0.5, 0.6) is 0 Å². The van der Waals surface area contributed by atoms with E-state index in [4.69, 9.17) is 11.6 Å². The fraction of sp³-hybridized carbons (Fsp3) is 0.0833. The standard InChI is InChI=1S/C12H11ClN4O3S/c1-8(18)16-9-4-2-3-5-10(9)21(19,20)17-12-11(13)14-6-7-15-12/h2-7H,1H3,(H,15,17)(H,16,18). The second-order valence-electron chi connectivity index (χ2n) is 3.98. The van der Waals surface area contributed by atoms with Gasteiger partial charge in [-0.3, -0.25) is 9.52 Å². The van der Waals surface area contributed by atoms with Crippen LogP contribution < -0.4 is 10.0 Å². The van der Waals surface area contributed by atoms with Gasteiger partial charge in [-0.1, -0.05) is 23.7 Å². The molecule has 0 aliphatic heterocycles. The number of para-hydroxylation sites is 1. The van der Waals surface area contributed by atoms with Crippen LogP contribution in [0.3, 0.4) is 0 Å². The van der Waals surface area contributed by atoms with Gasteiger partial charge in [0.25, 0.3) is 10.0 Å². The number of rotatable bonds is 4. The number of carbonyl (C=O) groups is 1. The van der Waals surface area contributed by atoms with Gasteiger partial charge in [-0.05, 0) is 12.1 Å². The number of carbonyl (C=O) groups excluding carboxylic acids is 1. The topological polar surface area (TPSA) is 101 Å². The van der Waals surface area contributed by atoms with Crippen molar-refractivity contribution < 1.29 is 13.2 Å². The highest BCUT2D eigenvalue weighted by atomic mass is 35.5. The van der Waals surface area contributed by atoms with Crippen molar-refractivity contribution in [1.82, 2.24) is 9.97 Å². The molecule has 1 aromatic carbocycles. The van der Waals surface area contributed by atoms with E-state index < -0.39 is 10.0 Å². The molecule has 9 heteroatoms. The van der Waals surface area contributed by atoms with E-state index in [1.165, 1.54) is 37.5 Å². The quantitative estimate of drug-likeness (QED) is 0.893. The first kappa shape index (κ1) is 15.2. The number of amides is 1. The maximum Gasteiger partial charge on any atom is 0.265 e. The van der Waals surface area contributed by atoms with E-state index >= 15 is 0 Å². The van der Waals surface area contributed by atoms with E-state index in [2.05, 4.69) is 20.0 Å². The number of hydrogen-bond acceptors (Lipinski definition) is 5. The van der Waals surface area contributed by atoms with Crippen molar-refractivity contribution >= 4 is 39.0 Å². The highest BCUT2D eigenvalue weighted by Gasteiger charge is 2.20. The third-order valence-corrected chi connectivity index (χ3v) is 4.05.